The molecule has 1 aliphatic heterocycles. The Morgan fingerprint density at radius 1 is 1.16 bits per heavy atom. The van der Waals surface area contributed by atoms with Gasteiger partial charge in [-0.05, 0) is 56.8 Å². The topological polar surface area (TPSA) is 58.1 Å². The summed E-state index contributed by atoms with van der Waals surface area (Å²) in [5, 5.41) is 4.20. The van der Waals surface area contributed by atoms with Crippen LogP contribution in [0.15, 0.2) is 54.7 Å². The molecule has 1 saturated heterocycles. The fourth-order valence-corrected chi connectivity index (χ4v) is 5.70. The summed E-state index contributed by atoms with van der Waals surface area (Å²) < 4.78 is 0. The Bertz CT molecular complexity index is 1060. The maximum Gasteiger partial charge on any atom is 0.224 e. The number of aryl methyl sites for hydroxylation is 1. The van der Waals surface area contributed by atoms with Gasteiger partial charge in [0, 0.05) is 34.8 Å². The fourth-order valence-electron chi connectivity index (χ4n) is 4.74. The summed E-state index contributed by atoms with van der Waals surface area (Å²) in [6, 6.07) is 16.3. The van der Waals surface area contributed by atoms with Gasteiger partial charge in [-0.1, -0.05) is 36.4 Å². The third kappa shape index (κ3) is 4.55. The molecule has 2 fully saturated rings. The zero-order chi connectivity index (χ0) is 21.3. The van der Waals surface area contributed by atoms with Crippen molar-refractivity contribution in [3.63, 3.8) is 0 Å². The first-order chi connectivity index (χ1) is 15.1. The highest BCUT2D eigenvalue weighted by Gasteiger charge is 2.58. The number of rotatable bonds is 6. The molecule has 0 bridgehead atoms. The second-order valence-electron chi connectivity index (χ2n) is 8.88. The van der Waals surface area contributed by atoms with Crippen LogP contribution in [0.2, 0.25) is 0 Å². The molecule has 2 aliphatic rings. The number of pyridine rings is 1. The molecule has 1 N–H and O–H groups in total. The maximum absolute atomic E-state index is 12.7. The number of nitrogens with zero attached hydrogens (tertiary/aromatic N) is 3. The average Bonchev–Trinajstić information content (AvgIpc) is 3.29. The van der Waals surface area contributed by atoms with Gasteiger partial charge in [0.15, 0.2) is 0 Å². The van der Waals surface area contributed by atoms with Crippen LogP contribution in [0.4, 0.5) is 0 Å². The summed E-state index contributed by atoms with van der Waals surface area (Å²) in [5.74, 6) is 0.374. The number of likely N-dealkylation sites (tertiary alicyclic amines) is 1. The molecule has 1 aliphatic carbocycles. The summed E-state index contributed by atoms with van der Waals surface area (Å²) >= 11 is 1.78. The minimum Gasteiger partial charge on any atom is -0.350 e. The lowest BCUT2D eigenvalue weighted by molar-refractivity contribution is -0.123. The van der Waals surface area contributed by atoms with Crippen LogP contribution in [0.1, 0.15) is 35.5 Å². The van der Waals surface area contributed by atoms with Gasteiger partial charge < -0.3 is 5.32 Å². The predicted molar refractivity (Wildman–Crippen MR) is 123 cm³/mol. The van der Waals surface area contributed by atoms with Crippen molar-refractivity contribution in [3.8, 4) is 10.6 Å². The number of hydrogen-bond donors (Lipinski definition) is 1. The van der Waals surface area contributed by atoms with E-state index in [1.807, 2.05) is 37.4 Å². The number of nitrogens with one attached hydrogen (secondary N) is 1. The van der Waals surface area contributed by atoms with Crippen LogP contribution in [0.5, 0.6) is 0 Å². The highest BCUT2D eigenvalue weighted by Crippen LogP contribution is 2.59. The fraction of sp³-hybridized carbons (Fsp3) is 0.400. The number of piperidine rings is 1. The summed E-state index contributed by atoms with van der Waals surface area (Å²) in [6.45, 7) is 5.57. The Kier molecular flexibility index (Phi) is 5.59. The molecule has 31 heavy (non-hydrogen) atoms. The zero-order valence-corrected chi connectivity index (χ0v) is 18.7. The van der Waals surface area contributed by atoms with Crippen molar-refractivity contribution >= 4 is 17.2 Å². The van der Waals surface area contributed by atoms with Crippen molar-refractivity contribution in [2.24, 2.45) is 11.3 Å². The molecule has 0 unspecified atom stereocenters. The van der Waals surface area contributed by atoms with Gasteiger partial charge in [-0.2, -0.15) is 0 Å². The van der Waals surface area contributed by atoms with Gasteiger partial charge in [0.1, 0.15) is 5.01 Å². The first-order valence-corrected chi connectivity index (χ1v) is 11.9. The van der Waals surface area contributed by atoms with Crippen LogP contribution in [0.25, 0.3) is 10.6 Å². The molecular weight excluding hydrogens is 404 g/mol. The SMILES string of the molecule is Cc1cccc(CNC(=O)[C@@H]2CC23CCN(Cc2cnc(-c4ccccc4)s2)CC3)n1. The molecule has 5 nitrogen and oxygen atoms in total. The van der Waals surface area contributed by atoms with E-state index in [9.17, 15) is 4.79 Å². The smallest absolute Gasteiger partial charge is 0.224 e. The summed E-state index contributed by atoms with van der Waals surface area (Å²) in [5.41, 5.74) is 3.32. The number of amides is 1. The monoisotopic (exact) mass is 432 g/mol. The van der Waals surface area contributed by atoms with Crippen LogP contribution in [0, 0.1) is 18.3 Å². The highest BCUT2D eigenvalue weighted by atomic mass is 32.1. The van der Waals surface area contributed by atoms with Crippen molar-refractivity contribution in [1.82, 2.24) is 20.2 Å². The standard InChI is InChI=1S/C25H28N4OS/c1-18-6-5-9-20(28-18)15-26-23(30)22-14-25(22)10-12-29(13-11-25)17-21-16-27-24(31-21)19-7-3-2-4-8-19/h2-9,16,22H,10-15,17H2,1H3,(H,26,30)/t22-/m0/s1. The van der Waals surface area contributed by atoms with E-state index in [0.717, 1.165) is 55.3 Å². The number of aromatic nitrogens is 2. The average molecular weight is 433 g/mol. The summed E-state index contributed by atoms with van der Waals surface area (Å²) in [7, 11) is 0. The van der Waals surface area contributed by atoms with Gasteiger partial charge in [0.25, 0.3) is 0 Å². The van der Waals surface area contributed by atoms with E-state index in [-0.39, 0.29) is 17.2 Å². The number of hydrogen-bond acceptors (Lipinski definition) is 5. The van der Waals surface area contributed by atoms with Crippen molar-refractivity contribution in [2.45, 2.75) is 39.3 Å². The Balaban J connectivity index is 1.10. The molecule has 3 heterocycles. The van der Waals surface area contributed by atoms with E-state index in [0.29, 0.717) is 6.54 Å². The van der Waals surface area contributed by atoms with Gasteiger partial charge in [-0.25, -0.2) is 4.98 Å². The molecule has 5 rings (SSSR count). The van der Waals surface area contributed by atoms with Crippen LogP contribution in [-0.2, 0) is 17.9 Å². The van der Waals surface area contributed by atoms with Crippen LogP contribution in [-0.4, -0.2) is 33.9 Å². The molecule has 3 aromatic rings. The van der Waals surface area contributed by atoms with E-state index < -0.39 is 0 Å². The molecule has 0 radical (unpaired) electrons. The zero-order valence-electron chi connectivity index (χ0n) is 17.9. The number of carbonyl (C=O) groups is 1. The minimum atomic E-state index is 0.174. The molecule has 160 valence electrons. The normalized spacial score (nSPS) is 20.0. The molecule has 1 saturated carbocycles. The Hall–Kier alpha value is -2.57. The highest BCUT2D eigenvalue weighted by molar-refractivity contribution is 7.15. The van der Waals surface area contributed by atoms with Crippen molar-refractivity contribution in [3.05, 3.63) is 71.0 Å². The molecule has 2 aromatic heterocycles. The van der Waals surface area contributed by atoms with Crippen LogP contribution in [0.3, 0.4) is 0 Å². The van der Waals surface area contributed by atoms with Crippen LogP contribution >= 0.6 is 11.3 Å². The number of carbonyl (C=O) groups excluding carboxylic acids is 1. The second-order valence-corrected chi connectivity index (χ2v) is 10.00. The molecule has 1 aromatic carbocycles. The first-order valence-electron chi connectivity index (χ1n) is 11.0. The third-order valence-corrected chi connectivity index (χ3v) is 7.73. The van der Waals surface area contributed by atoms with Crippen molar-refractivity contribution in [1.29, 1.82) is 0 Å². The lowest BCUT2D eigenvalue weighted by atomic mass is 9.90. The van der Waals surface area contributed by atoms with Gasteiger partial charge in [0.05, 0.1) is 12.2 Å². The molecule has 1 atom stereocenters. The summed E-state index contributed by atoms with van der Waals surface area (Å²) in [6.07, 6.45) is 5.27. The van der Waals surface area contributed by atoms with E-state index in [2.05, 4.69) is 44.5 Å². The van der Waals surface area contributed by atoms with E-state index in [1.54, 1.807) is 11.3 Å². The molecule has 6 heteroatoms. The Labute approximate surface area is 187 Å². The van der Waals surface area contributed by atoms with E-state index >= 15 is 0 Å². The minimum absolute atomic E-state index is 0.174. The van der Waals surface area contributed by atoms with E-state index in [4.69, 9.17) is 0 Å². The third-order valence-electron chi connectivity index (χ3n) is 6.70. The van der Waals surface area contributed by atoms with Gasteiger partial charge >= 0.3 is 0 Å². The maximum atomic E-state index is 12.7. The quantitative estimate of drug-likeness (QED) is 0.626. The van der Waals surface area contributed by atoms with E-state index in [1.165, 1.54) is 10.4 Å². The lowest BCUT2D eigenvalue weighted by Crippen LogP contribution is -2.36. The number of thiazole rings is 1. The van der Waals surface area contributed by atoms with Gasteiger partial charge in [0.2, 0.25) is 5.91 Å². The Morgan fingerprint density at radius 3 is 2.74 bits per heavy atom. The van der Waals surface area contributed by atoms with Gasteiger partial charge in [-0.3, -0.25) is 14.7 Å². The van der Waals surface area contributed by atoms with Crippen molar-refractivity contribution in [2.75, 3.05) is 13.1 Å². The summed E-state index contributed by atoms with van der Waals surface area (Å²) in [4.78, 5) is 25.6. The first kappa shape index (κ1) is 20.3. The van der Waals surface area contributed by atoms with Crippen molar-refractivity contribution < 1.29 is 4.79 Å². The number of benzene rings is 1. The second kappa shape index (κ2) is 8.52. The molecule has 1 spiro atoms. The largest absolute Gasteiger partial charge is 0.350 e. The van der Waals surface area contributed by atoms with Crippen LogP contribution < -0.4 is 5.32 Å². The molecule has 1 amide bonds. The van der Waals surface area contributed by atoms with Gasteiger partial charge in [-0.15, -0.1) is 11.3 Å². The molecular formula is C25H28N4OS. The predicted octanol–water partition coefficient (Wildman–Crippen LogP) is 4.43. The lowest BCUT2D eigenvalue weighted by Gasteiger charge is -2.32. The Morgan fingerprint density at radius 2 is 1.97 bits per heavy atom.